The third-order valence-corrected chi connectivity index (χ3v) is 7.67. The number of alkyl halides is 3. The minimum Gasteiger partial charge on any atom is -0.478 e. The van der Waals surface area contributed by atoms with Gasteiger partial charge in [0.25, 0.3) is 10.0 Å². The summed E-state index contributed by atoms with van der Waals surface area (Å²) in [7, 11) is -1.92. The molecule has 0 saturated carbocycles. The summed E-state index contributed by atoms with van der Waals surface area (Å²) in [6.07, 6.45) is -2.32. The third-order valence-electron chi connectivity index (χ3n) is 6.29. The van der Waals surface area contributed by atoms with Gasteiger partial charge in [0.1, 0.15) is 5.82 Å². The summed E-state index contributed by atoms with van der Waals surface area (Å²) >= 11 is 0. The summed E-state index contributed by atoms with van der Waals surface area (Å²) in [4.78, 5) is 24.7. The first kappa shape index (κ1) is 33.8. The van der Waals surface area contributed by atoms with E-state index in [2.05, 4.69) is 21.6 Å². The van der Waals surface area contributed by atoms with Crippen LogP contribution in [0.2, 0.25) is 0 Å². The molecule has 0 unspecified atom stereocenters. The molecule has 228 valence electrons. The Hall–Kier alpha value is -3.43. The Morgan fingerprint density at radius 2 is 1.68 bits per heavy atom. The number of hydrogen-bond acceptors (Lipinski definition) is 7. The molecular formula is C26H33F4N3O7S. The van der Waals surface area contributed by atoms with Gasteiger partial charge < -0.3 is 24.7 Å². The number of piperidine rings is 1. The predicted octanol–water partition coefficient (Wildman–Crippen LogP) is 4.29. The second kappa shape index (κ2) is 15.0. The van der Waals surface area contributed by atoms with E-state index in [0.717, 1.165) is 51.2 Å². The molecule has 0 spiro atoms. The monoisotopic (exact) mass is 607 g/mol. The van der Waals surface area contributed by atoms with Crippen LogP contribution in [-0.4, -0.2) is 87.6 Å². The summed E-state index contributed by atoms with van der Waals surface area (Å²) in [5, 5.41) is 16.5. The number of benzene rings is 2. The highest BCUT2D eigenvalue weighted by molar-refractivity contribution is 7.92. The zero-order chi connectivity index (χ0) is 30.8. The summed E-state index contributed by atoms with van der Waals surface area (Å²) < 4.78 is 78.7. The van der Waals surface area contributed by atoms with Crippen molar-refractivity contribution in [1.29, 1.82) is 0 Å². The van der Waals surface area contributed by atoms with Gasteiger partial charge in [-0.15, -0.1) is 0 Å². The van der Waals surface area contributed by atoms with Crippen molar-refractivity contribution in [3.8, 4) is 0 Å². The molecule has 2 aromatic carbocycles. The molecule has 1 fully saturated rings. The fourth-order valence-electron chi connectivity index (χ4n) is 4.13. The van der Waals surface area contributed by atoms with E-state index in [1.807, 2.05) is 6.92 Å². The molecule has 0 radical (unpaired) electrons. The highest BCUT2D eigenvalue weighted by atomic mass is 32.2. The molecule has 0 atom stereocenters. The van der Waals surface area contributed by atoms with Crippen molar-refractivity contribution in [3.05, 3.63) is 53.8 Å². The molecule has 2 aromatic rings. The number of carboxylic acid groups (broad SMARTS) is 2. The zero-order valence-corrected chi connectivity index (χ0v) is 23.3. The lowest BCUT2D eigenvalue weighted by atomic mass is 10.0. The Bertz CT molecular complexity index is 1270. The van der Waals surface area contributed by atoms with Crippen molar-refractivity contribution in [2.45, 2.75) is 43.3 Å². The van der Waals surface area contributed by atoms with Crippen LogP contribution in [0.4, 0.5) is 28.9 Å². The van der Waals surface area contributed by atoms with Gasteiger partial charge in [0, 0.05) is 38.9 Å². The summed E-state index contributed by atoms with van der Waals surface area (Å²) in [5.74, 6) is -4.45. The van der Waals surface area contributed by atoms with Crippen molar-refractivity contribution in [2.24, 2.45) is 0 Å². The number of carboxylic acids is 2. The van der Waals surface area contributed by atoms with E-state index < -0.39 is 34.0 Å². The van der Waals surface area contributed by atoms with E-state index in [1.54, 1.807) is 6.07 Å². The first-order chi connectivity index (χ1) is 19.2. The van der Waals surface area contributed by atoms with Gasteiger partial charge in [-0.3, -0.25) is 4.72 Å². The lowest BCUT2D eigenvalue weighted by molar-refractivity contribution is -0.192. The quantitative estimate of drug-likeness (QED) is 0.253. The highest BCUT2D eigenvalue weighted by Crippen LogP contribution is 2.32. The van der Waals surface area contributed by atoms with E-state index in [0.29, 0.717) is 24.8 Å². The molecule has 41 heavy (non-hydrogen) atoms. The first-order valence-corrected chi connectivity index (χ1v) is 14.1. The number of ether oxygens (including phenoxy) is 1. The molecule has 1 saturated heterocycles. The maximum atomic E-state index is 13.2. The lowest BCUT2D eigenvalue weighted by Gasteiger charge is -2.38. The number of anilines is 2. The molecule has 0 aromatic heterocycles. The smallest absolute Gasteiger partial charge is 0.478 e. The average Bonchev–Trinajstić information content (AvgIpc) is 2.91. The number of sulfonamides is 1. The number of halogens is 4. The molecule has 1 aliphatic heterocycles. The molecular weight excluding hydrogens is 574 g/mol. The van der Waals surface area contributed by atoms with Gasteiger partial charge in [-0.1, -0.05) is 0 Å². The molecule has 3 N–H and O–H groups in total. The second-order valence-electron chi connectivity index (χ2n) is 9.15. The normalized spacial score (nSPS) is 14.4. The van der Waals surface area contributed by atoms with E-state index in [4.69, 9.17) is 14.6 Å². The molecule has 15 heteroatoms. The Morgan fingerprint density at radius 1 is 1.10 bits per heavy atom. The van der Waals surface area contributed by atoms with Gasteiger partial charge in [0.2, 0.25) is 0 Å². The molecule has 3 rings (SSSR count). The van der Waals surface area contributed by atoms with Crippen molar-refractivity contribution in [2.75, 3.05) is 49.5 Å². The van der Waals surface area contributed by atoms with Crippen LogP contribution < -0.4 is 9.62 Å². The van der Waals surface area contributed by atoms with Crippen molar-refractivity contribution < 1.29 is 50.5 Å². The fraction of sp³-hybridized carbons (Fsp3) is 0.462. The zero-order valence-electron chi connectivity index (χ0n) is 22.5. The predicted molar refractivity (Wildman–Crippen MR) is 143 cm³/mol. The molecule has 1 heterocycles. The summed E-state index contributed by atoms with van der Waals surface area (Å²) in [6, 6.07) is 9.33. The van der Waals surface area contributed by atoms with Crippen LogP contribution in [0.25, 0.3) is 0 Å². The van der Waals surface area contributed by atoms with Crippen LogP contribution in [0.1, 0.15) is 36.5 Å². The molecule has 0 aliphatic carbocycles. The van der Waals surface area contributed by atoms with Crippen LogP contribution >= 0.6 is 0 Å². The van der Waals surface area contributed by atoms with Crippen molar-refractivity contribution in [3.63, 3.8) is 0 Å². The third kappa shape index (κ3) is 10.5. The minimum absolute atomic E-state index is 0.0236. The first-order valence-electron chi connectivity index (χ1n) is 12.6. The Kier molecular flexibility index (Phi) is 12.3. The van der Waals surface area contributed by atoms with Gasteiger partial charge in [-0.05, 0) is 75.7 Å². The standard InChI is InChI=1S/C24H32FN3O5S.C2HF3O2/c1-3-33-16-4-13-27(2)20-11-14-28(15-12-20)23-10-5-18(24(29)30)17-22(23)26-34(31,32)21-8-6-19(25)7-9-21;3-2(4,5)1(6)7/h5-10,17,20,26H,3-4,11-16H2,1-2H3,(H,29,30);(H,6,7). The van der Waals surface area contributed by atoms with Crippen molar-refractivity contribution in [1.82, 2.24) is 4.90 Å². The van der Waals surface area contributed by atoms with E-state index in [-0.39, 0.29) is 16.1 Å². The Morgan fingerprint density at radius 3 is 2.20 bits per heavy atom. The maximum absolute atomic E-state index is 13.2. The number of aliphatic carboxylic acids is 1. The van der Waals surface area contributed by atoms with Crippen LogP contribution in [0.3, 0.4) is 0 Å². The highest BCUT2D eigenvalue weighted by Gasteiger charge is 2.38. The molecule has 1 aliphatic rings. The number of hydrogen-bond donors (Lipinski definition) is 3. The van der Waals surface area contributed by atoms with E-state index in [1.165, 1.54) is 24.3 Å². The molecule has 0 bridgehead atoms. The molecule has 0 amide bonds. The van der Waals surface area contributed by atoms with Gasteiger partial charge in [-0.25, -0.2) is 22.4 Å². The topological polar surface area (TPSA) is 136 Å². The van der Waals surface area contributed by atoms with E-state index >= 15 is 0 Å². The number of carbonyl (C=O) groups is 2. The summed E-state index contributed by atoms with van der Waals surface area (Å²) in [6.45, 7) is 5.80. The van der Waals surface area contributed by atoms with Gasteiger partial charge in [0.15, 0.2) is 0 Å². The summed E-state index contributed by atoms with van der Waals surface area (Å²) in [5.41, 5.74) is 0.783. The van der Waals surface area contributed by atoms with Gasteiger partial charge in [-0.2, -0.15) is 13.2 Å². The van der Waals surface area contributed by atoms with Gasteiger partial charge >= 0.3 is 18.1 Å². The number of nitrogens with one attached hydrogen (secondary N) is 1. The van der Waals surface area contributed by atoms with Crippen LogP contribution in [0.5, 0.6) is 0 Å². The second-order valence-corrected chi connectivity index (χ2v) is 10.8. The van der Waals surface area contributed by atoms with Gasteiger partial charge in [0.05, 0.1) is 21.8 Å². The fourth-order valence-corrected chi connectivity index (χ4v) is 5.20. The average molecular weight is 608 g/mol. The number of nitrogens with zero attached hydrogens (tertiary/aromatic N) is 2. The molecule has 10 nitrogen and oxygen atoms in total. The number of aromatic carboxylic acids is 1. The van der Waals surface area contributed by atoms with E-state index in [9.17, 15) is 35.9 Å². The SMILES string of the molecule is CCOCCCN(C)C1CCN(c2ccc(C(=O)O)cc2NS(=O)(=O)c2ccc(F)cc2)CC1.O=C(O)C(F)(F)F. The largest absolute Gasteiger partial charge is 0.490 e. The number of rotatable bonds is 11. The minimum atomic E-state index is -5.08. The van der Waals surface area contributed by atoms with Crippen LogP contribution in [0, 0.1) is 5.82 Å². The van der Waals surface area contributed by atoms with Crippen LogP contribution in [-0.2, 0) is 19.6 Å². The Balaban J connectivity index is 0.000000745. The Labute approximate surface area is 235 Å². The van der Waals surface area contributed by atoms with Crippen LogP contribution in [0.15, 0.2) is 47.4 Å². The lowest BCUT2D eigenvalue weighted by Crippen LogP contribution is -2.44. The maximum Gasteiger partial charge on any atom is 0.490 e. The van der Waals surface area contributed by atoms with Crippen molar-refractivity contribution >= 4 is 33.3 Å².